The van der Waals surface area contributed by atoms with Crippen LogP contribution in [0.15, 0.2) is 5.11 Å². The molecule has 0 bridgehead atoms. The summed E-state index contributed by atoms with van der Waals surface area (Å²) in [6, 6.07) is 0. The van der Waals surface area contributed by atoms with Gasteiger partial charge >= 0.3 is 5.79 Å². The van der Waals surface area contributed by atoms with Crippen molar-refractivity contribution in [3.05, 3.63) is 25.4 Å². The van der Waals surface area contributed by atoms with E-state index in [9.17, 15) is 25.4 Å². The van der Waals surface area contributed by atoms with Crippen molar-refractivity contribution in [3.63, 3.8) is 0 Å². The van der Waals surface area contributed by atoms with Gasteiger partial charge < -0.3 is 9.94 Å². The largest absolute Gasteiger partial charge is 0.704 e. The Labute approximate surface area is 97.9 Å². The van der Waals surface area contributed by atoms with E-state index in [2.05, 4.69) is 25.8 Å². The third-order valence-corrected chi connectivity index (χ3v) is 1.91. The highest BCUT2D eigenvalue weighted by Crippen LogP contribution is 2.13. The summed E-state index contributed by atoms with van der Waals surface area (Å²) >= 11 is 2.97. The number of hydrogen-bond donors (Lipinski definition) is 0. The first-order valence-corrected chi connectivity index (χ1v) is 5.05. The van der Waals surface area contributed by atoms with Crippen LogP contribution in [0, 0.1) is 25.4 Å². The molecule has 0 aliphatic heterocycles. The van der Waals surface area contributed by atoms with Crippen LogP contribution in [0.25, 0.3) is 0 Å². The predicted octanol–water partition coefficient (Wildman–Crippen LogP) is 0.197. The lowest BCUT2D eigenvalue weighted by molar-refractivity contribution is -0.981. The molecule has 0 aliphatic rings. The van der Waals surface area contributed by atoms with Gasteiger partial charge in [-0.1, -0.05) is 15.9 Å². The standard InChI is InChI=1S/C5H9BrN4O6/c1-7-8(11)5(9(12)13,10(14)15)4-16-3-2-6/h2-4H2,1H3. The van der Waals surface area contributed by atoms with Gasteiger partial charge in [-0.15, -0.1) is 0 Å². The van der Waals surface area contributed by atoms with Crippen LogP contribution in [0.2, 0.25) is 0 Å². The van der Waals surface area contributed by atoms with E-state index in [1.165, 1.54) is 0 Å². The molecule has 0 aromatic carbocycles. The fourth-order valence-corrected chi connectivity index (χ4v) is 1.02. The second-order valence-corrected chi connectivity index (χ2v) is 3.30. The predicted molar refractivity (Wildman–Crippen MR) is 53.3 cm³/mol. The van der Waals surface area contributed by atoms with Crippen LogP contribution in [0.5, 0.6) is 0 Å². The monoisotopic (exact) mass is 300 g/mol. The van der Waals surface area contributed by atoms with E-state index in [1.807, 2.05) is 0 Å². The van der Waals surface area contributed by atoms with Gasteiger partial charge in [-0.25, -0.2) is 0 Å². The Hall–Kier alpha value is -1.36. The number of ether oxygens (including phenoxy) is 1. The van der Waals surface area contributed by atoms with Crippen LogP contribution in [-0.2, 0) is 4.74 Å². The summed E-state index contributed by atoms with van der Waals surface area (Å²) in [6.07, 6.45) is 0. The Kier molecular flexibility index (Phi) is 5.74. The Morgan fingerprint density at radius 3 is 2.12 bits per heavy atom. The van der Waals surface area contributed by atoms with E-state index < -0.39 is 27.1 Å². The smallest absolute Gasteiger partial charge is 0.589 e. The lowest BCUT2D eigenvalue weighted by Gasteiger charge is -2.12. The maximum Gasteiger partial charge on any atom is 0.704 e. The number of nitrogens with zero attached hydrogens (tertiary/aromatic N) is 4. The summed E-state index contributed by atoms with van der Waals surface area (Å²) in [5, 5.41) is 35.6. The van der Waals surface area contributed by atoms with E-state index in [-0.39, 0.29) is 6.61 Å². The average Bonchev–Trinajstić information content (AvgIpc) is 2.22. The number of nitro groups is 2. The van der Waals surface area contributed by atoms with Crippen molar-refractivity contribution in [1.29, 1.82) is 0 Å². The molecule has 0 atom stereocenters. The number of rotatable bonds is 7. The molecule has 0 rings (SSSR count). The SMILES string of the molecule is CN=[N+]([O-])C(COCCBr)([N+](=O)[O-])[N+](=O)[O-]. The number of hydrogen-bond acceptors (Lipinski definition) is 7. The molecular formula is C5H9BrN4O6. The third kappa shape index (κ3) is 2.82. The van der Waals surface area contributed by atoms with E-state index in [0.29, 0.717) is 5.33 Å². The van der Waals surface area contributed by atoms with Gasteiger partial charge in [0, 0.05) is 5.33 Å². The molecule has 10 nitrogen and oxygen atoms in total. The zero-order valence-corrected chi connectivity index (χ0v) is 9.82. The molecule has 0 heterocycles. The van der Waals surface area contributed by atoms with Crippen molar-refractivity contribution in [2.75, 3.05) is 25.6 Å². The van der Waals surface area contributed by atoms with Crippen LogP contribution in [0.3, 0.4) is 0 Å². The molecule has 0 spiro atoms. The summed E-state index contributed by atoms with van der Waals surface area (Å²) < 4.78 is 4.66. The number of azo groups is 1. The molecule has 0 radical (unpaired) electrons. The minimum absolute atomic E-state index is 0.000976. The molecule has 0 aromatic heterocycles. The lowest BCUT2D eigenvalue weighted by Crippen LogP contribution is -2.57. The Morgan fingerprint density at radius 1 is 1.31 bits per heavy atom. The topological polar surface area (TPSA) is 134 Å². The van der Waals surface area contributed by atoms with Gasteiger partial charge in [0.25, 0.3) is 6.61 Å². The maximum absolute atomic E-state index is 11.1. The third-order valence-electron chi connectivity index (χ3n) is 1.59. The molecule has 0 saturated carbocycles. The van der Waals surface area contributed by atoms with E-state index in [1.54, 1.807) is 0 Å². The minimum Gasteiger partial charge on any atom is -0.589 e. The maximum atomic E-state index is 11.1. The van der Waals surface area contributed by atoms with Crippen LogP contribution < -0.4 is 0 Å². The first-order valence-electron chi connectivity index (χ1n) is 3.93. The van der Waals surface area contributed by atoms with Crippen LogP contribution in [-0.4, -0.2) is 46.1 Å². The first kappa shape index (κ1) is 14.6. The van der Waals surface area contributed by atoms with Crippen molar-refractivity contribution >= 4 is 15.9 Å². The summed E-state index contributed by atoms with van der Waals surface area (Å²) in [5.74, 6) is -3.13. The van der Waals surface area contributed by atoms with Gasteiger partial charge in [-0.05, 0) is 5.11 Å². The summed E-state index contributed by atoms with van der Waals surface area (Å²) in [5.41, 5.74) is 0. The molecule has 92 valence electrons. The minimum atomic E-state index is -3.13. The van der Waals surface area contributed by atoms with E-state index in [4.69, 9.17) is 0 Å². The normalized spacial score (nSPS) is 12.5. The molecule has 0 aliphatic carbocycles. The van der Waals surface area contributed by atoms with Gasteiger partial charge in [0.1, 0.15) is 0 Å². The quantitative estimate of drug-likeness (QED) is 0.125. The van der Waals surface area contributed by atoms with Gasteiger partial charge in [-0.3, -0.25) is 20.2 Å². The van der Waals surface area contributed by atoms with Crippen molar-refractivity contribution < 1.29 is 19.4 Å². The van der Waals surface area contributed by atoms with Crippen LogP contribution in [0.1, 0.15) is 0 Å². The lowest BCUT2D eigenvalue weighted by atomic mass is 10.4. The molecule has 0 aromatic rings. The fourth-order valence-electron chi connectivity index (χ4n) is 0.791. The van der Waals surface area contributed by atoms with Crippen LogP contribution >= 0.6 is 15.9 Å². The Balaban J connectivity index is 5.12. The second kappa shape index (κ2) is 6.27. The number of hydroxylamine groups is 1. The fraction of sp³-hybridized carbons (Fsp3) is 1.00. The molecule has 0 fully saturated rings. The zero-order chi connectivity index (χ0) is 12.8. The van der Waals surface area contributed by atoms with Crippen molar-refractivity contribution in [2.24, 2.45) is 5.11 Å². The van der Waals surface area contributed by atoms with Crippen molar-refractivity contribution in [2.45, 2.75) is 5.79 Å². The molecule has 0 amide bonds. The molecule has 0 unspecified atom stereocenters. The van der Waals surface area contributed by atoms with Crippen molar-refractivity contribution in [1.82, 2.24) is 0 Å². The molecule has 0 saturated heterocycles. The van der Waals surface area contributed by atoms with Crippen LogP contribution in [0.4, 0.5) is 0 Å². The second-order valence-electron chi connectivity index (χ2n) is 2.50. The summed E-state index contributed by atoms with van der Waals surface area (Å²) in [4.78, 5) is 18.0. The molecule has 0 N–H and O–H groups in total. The summed E-state index contributed by atoms with van der Waals surface area (Å²) in [7, 11) is 0.916. The molecular weight excluding hydrogens is 292 g/mol. The zero-order valence-electron chi connectivity index (χ0n) is 8.24. The van der Waals surface area contributed by atoms with E-state index >= 15 is 0 Å². The van der Waals surface area contributed by atoms with E-state index in [0.717, 1.165) is 7.05 Å². The van der Waals surface area contributed by atoms with Gasteiger partial charge in [0.05, 0.1) is 18.5 Å². The molecule has 11 heteroatoms. The summed E-state index contributed by atoms with van der Waals surface area (Å²) in [6.45, 7) is -0.986. The van der Waals surface area contributed by atoms with Gasteiger partial charge in [0.15, 0.2) is 9.85 Å². The Bertz CT molecular complexity index is 293. The highest BCUT2D eigenvalue weighted by atomic mass is 79.9. The van der Waals surface area contributed by atoms with Gasteiger partial charge in [0.2, 0.25) is 0 Å². The van der Waals surface area contributed by atoms with Crippen molar-refractivity contribution in [3.8, 4) is 0 Å². The van der Waals surface area contributed by atoms with Gasteiger partial charge in [-0.2, -0.15) is 0 Å². The first-order chi connectivity index (χ1) is 7.43. The number of halogens is 1. The number of alkyl halides is 1. The highest BCUT2D eigenvalue weighted by molar-refractivity contribution is 9.09. The Morgan fingerprint density at radius 2 is 1.81 bits per heavy atom. The highest BCUT2D eigenvalue weighted by Gasteiger charge is 2.68. The molecule has 16 heavy (non-hydrogen) atoms. The average molecular weight is 301 g/mol.